The van der Waals surface area contributed by atoms with Crippen LogP contribution in [0.1, 0.15) is 5.69 Å². The highest BCUT2D eigenvalue weighted by molar-refractivity contribution is 6.31. The maximum atomic E-state index is 12.9. The molecule has 0 unspecified atom stereocenters. The summed E-state index contributed by atoms with van der Waals surface area (Å²) in [6.07, 6.45) is -1.60. The van der Waals surface area contributed by atoms with Gasteiger partial charge in [0.25, 0.3) is 0 Å². The van der Waals surface area contributed by atoms with Crippen molar-refractivity contribution in [2.45, 2.75) is 6.18 Å². The number of halogens is 4. The third kappa shape index (κ3) is 4.05. The summed E-state index contributed by atoms with van der Waals surface area (Å²) in [5.74, 6) is 1.58. The van der Waals surface area contributed by atoms with E-state index in [1.807, 2.05) is 24.3 Å². The van der Waals surface area contributed by atoms with Crippen molar-refractivity contribution in [1.29, 1.82) is 0 Å². The molecule has 0 atom stereocenters. The normalized spacial score (nSPS) is 14.9. The topological polar surface area (TPSA) is 73.8 Å². The number of pyridine rings is 1. The number of aromatic nitrogens is 5. The predicted molar refractivity (Wildman–Crippen MR) is 116 cm³/mol. The van der Waals surface area contributed by atoms with E-state index in [0.717, 1.165) is 34.7 Å². The minimum absolute atomic E-state index is 0.0905. The summed E-state index contributed by atoms with van der Waals surface area (Å²) in [5, 5.41) is 0.635. The number of aromatic amines is 1. The molecule has 1 aromatic carbocycles. The van der Waals surface area contributed by atoms with Gasteiger partial charge in [0.05, 0.1) is 11.0 Å². The van der Waals surface area contributed by atoms with Gasteiger partial charge in [0.1, 0.15) is 17.3 Å². The van der Waals surface area contributed by atoms with Crippen molar-refractivity contribution in [3.05, 3.63) is 59.5 Å². The quantitative estimate of drug-likeness (QED) is 0.489. The lowest BCUT2D eigenvalue weighted by Gasteiger charge is -2.35. The number of piperazine rings is 1. The molecule has 0 amide bonds. The maximum Gasteiger partial charge on any atom is 0.433 e. The molecule has 0 saturated carbocycles. The first-order valence-corrected chi connectivity index (χ1v) is 10.3. The number of H-pyrrole nitrogens is 1. The largest absolute Gasteiger partial charge is 0.433 e. The Morgan fingerprint density at radius 2 is 1.69 bits per heavy atom. The van der Waals surface area contributed by atoms with Crippen LogP contribution in [0, 0.1) is 0 Å². The van der Waals surface area contributed by atoms with Gasteiger partial charge in [-0.25, -0.2) is 19.9 Å². The molecule has 164 valence electrons. The number of imidazole rings is 1. The minimum Gasteiger partial charge on any atom is -0.353 e. The van der Waals surface area contributed by atoms with Crippen LogP contribution in [0.15, 0.2) is 48.8 Å². The van der Waals surface area contributed by atoms with Gasteiger partial charge in [-0.05, 0) is 36.4 Å². The molecular formula is C21H17ClF3N7. The van der Waals surface area contributed by atoms with Gasteiger partial charge < -0.3 is 14.8 Å². The van der Waals surface area contributed by atoms with E-state index >= 15 is 0 Å². The second kappa shape index (κ2) is 7.94. The minimum atomic E-state index is -4.49. The predicted octanol–water partition coefficient (Wildman–Crippen LogP) is 4.41. The van der Waals surface area contributed by atoms with Gasteiger partial charge >= 0.3 is 6.18 Å². The fourth-order valence-electron chi connectivity index (χ4n) is 3.63. The van der Waals surface area contributed by atoms with Crippen LogP contribution in [0.5, 0.6) is 0 Å². The average Bonchev–Trinajstić information content (AvgIpc) is 3.22. The van der Waals surface area contributed by atoms with Crippen molar-refractivity contribution >= 4 is 34.4 Å². The molecule has 1 aliphatic heterocycles. The van der Waals surface area contributed by atoms with E-state index in [9.17, 15) is 13.2 Å². The van der Waals surface area contributed by atoms with Gasteiger partial charge in [0.2, 0.25) is 5.95 Å². The summed E-state index contributed by atoms with van der Waals surface area (Å²) >= 11 is 6.03. The number of hydrogen-bond donors (Lipinski definition) is 1. The standard InChI is InChI=1S/C21H17ClF3N7/c22-14-2-3-15-16(11-14)29-19(28-15)13-1-4-18(27-12-13)31-7-9-32(10-8-31)20-26-6-5-17(30-20)21(23,24)25/h1-6,11-12H,7-10H2,(H,28,29). The molecule has 32 heavy (non-hydrogen) atoms. The Labute approximate surface area is 185 Å². The summed E-state index contributed by atoms with van der Waals surface area (Å²) in [6, 6.07) is 10.2. The van der Waals surface area contributed by atoms with Crippen molar-refractivity contribution in [3.63, 3.8) is 0 Å². The Balaban J connectivity index is 1.27. The van der Waals surface area contributed by atoms with Gasteiger partial charge in [-0.2, -0.15) is 13.2 Å². The lowest BCUT2D eigenvalue weighted by atomic mass is 10.2. The van der Waals surface area contributed by atoms with Crippen LogP contribution in [0.4, 0.5) is 24.9 Å². The molecule has 0 bridgehead atoms. The number of benzene rings is 1. The van der Waals surface area contributed by atoms with Crippen LogP contribution < -0.4 is 9.80 Å². The molecule has 3 aromatic heterocycles. The van der Waals surface area contributed by atoms with Gasteiger partial charge in [-0.1, -0.05) is 11.6 Å². The Bertz CT molecular complexity index is 1250. The van der Waals surface area contributed by atoms with Crippen molar-refractivity contribution in [2.24, 2.45) is 0 Å². The molecule has 1 N–H and O–H groups in total. The van der Waals surface area contributed by atoms with Crippen LogP contribution in [0.3, 0.4) is 0 Å². The number of nitrogens with zero attached hydrogens (tertiary/aromatic N) is 6. The Kier molecular flexibility index (Phi) is 5.09. The second-order valence-electron chi connectivity index (χ2n) is 7.37. The first kappa shape index (κ1) is 20.5. The summed E-state index contributed by atoms with van der Waals surface area (Å²) in [4.78, 5) is 23.9. The third-order valence-electron chi connectivity index (χ3n) is 5.29. The SMILES string of the molecule is FC(F)(F)c1ccnc(N2CCN(c3ccc(-c4nc5ccc(Cl)cc5[nH]4)cn3)CC2)n1. The van der Waals surface area contributed by atoms with E-state index in [1.165, 1.54) is 0 Å². The van der Waals surface area contributed by atoms with Gasteiger partial charge in [-0.15, -0.1) is 0 Å². The van der Waals surface area contributed by atoms with Crippen molar-refractivity contribution < 1.29 is 13.2 Å². The van der Waals surface area contributed by atoms with E-state index in [0.29, 0.717) is 37.0 Å². The van der Waals surface area contributed by atoms with Gasteiger partial charge in [0, 0.05) is 49.2 Å². The fraction of sp³-hybridized carbons (Fsp3) is 0.238. The molecule has 0 aliphatic carbocycles. The Morgan fingerprint density at radius 3 is 2.41 bits per heavy atom. The van der Waals surface area contributed by atoms with Crippen molar-refractivity contribution in [1.82, 2.24) is 24.9 Å². The highest BCUT2D eigenvalue weighted by Gasteiger charge is 2.33. The molecule has 7 nitrogen and oxygen atoms in total. The van der Waals surface area contributed by atoms with Crippen LogP contribution in [-0.2, 0) is 6.18 Å². The third-order valence-corrected chi connectivity index (χ3v) is 5.52. The number of nitrogens with one attached hydrogen (secondary N) is 1. The molecule has 4 aromatic rings. The molecule has 5 rings (SSSR count). The van der Waals surface area contributed by atoms with E-state index in [2.05, 4.69) is 29.8 Å². The number of hydrogen-bond acceptors (Lipinski definition) is 6. The number of anilines is 2. The highest BCUT2D eigenvalue weighted by atomic mass is 35.5. The van der Waals surface area contributed by atoms with Gasteiger partial charge in [0.15, 0.2) is 0 Å². The molecular weight excluding hydrogens is 443 g/mol. The summed E-state index contributed by atoms with van der Waals surface area (Å²) < 4.78 is 38.7. The Morgan fingerprint density at radius 1 is 0.906 bits per heavy atom. The first-order valence-electron chi connectivity index (χ1n) is 9.89. The maximum absolute atomic E-state index is 12.9. The number of rotatable bonds is 3. The molecule has 0 radical (unpaired) electrons. The van der Waals surface area contributed by atoms with Crippen LogP contribution in [0.25, 0.3) is 22.4 Å². The molecule has 0 spiro atoms. The smallest absolute Gasteiger partial charge is 0.353 e. The summed E-state index contributed by atoms with van der Waals surface area (Å²) in [7, 11) is 0. The molecule has 1 saturated heterocycles. The molecule has 1 fully saturated rings. The monoisotopic (exact) mass is 459 g/mol. The molecule has 4 heterocycles. The zero-order valence-corrected chi connectivity index (χ0v) is 17.4. The second-order valence-corrected chi connectivity index (χ2v) is 7.80. The average molecular weight is 460 g/mol. The number of alkyl halides is 3. The zero-order valence-electron chi connectivity index (χ0n) is 16.6. The van der Waals surface area contributed by atoms with E-state index in [4.69, 9.17) is 11.6 Å². The lowest BCUT2D eigenvalue weighted by Crippen LogP contribution is -2.47. The summed E-state index contributed by atoms with van der Waals surface area (Å²) in [5.41, 5.74) is 1.58. The van der Waals surface area contributed by atoms with Gasteiger partial charge in [-0.3, -0.25) is 0 Å². The zero-order chi connectivity index (χ0) is 22.3. The molecule has 1 aliphatic rings. The van der Waals surface area contributed by atoms with E-state index in [-0.39, 0.29) is 5.95 Å². The van der Waals surface area contributed by atoms with Crippen LogP contribution in [-0.4, -0.2) is 51.1 Å². The van der Waals surface area contributed by atoms with Crippen LogP contribution >= 0.6 is 11.6 Å². The number of fused-ring (bicyclic) bond motifs is 1. The van der Waals surface area contributed by atoms with E-state index in [1.54, 1.807) is 17.2 Å². The first-order chi connectivity index (χ1) is 15.4. The molecule has 11 heteroatoms. The van der Waals surface area contributed by atoms with Crippen molar-refractivity contribution in [2.75, 3.05) is 36.0 Å². The van der Waals surface area contributed by atoms with E-state index < -0.39 is 11.9 Å². The van der Waals surface area contributed by atoms with Crippen LogP contribution in [0.2, 0.25) is 5.02 Å². The highest BCUT2D eigenvalue weighted by Crippen LogP contribution is 2.29. The fourth-order valence-corrected chi connectivity index (χ4v) is 3.80. The lowest BCUT2D eigenvalue weighted by molar-refractivity contribution is -0.141. The Hall–Kier alpha value is -3.40. The summed E-state index contributed by atoms with van der Waals surface area (Å²) in [6.45, 7) is 2.17. The van der Waals surface area contributed by atoms with Crippen molar-refractivity contribution in [3.8, 4) is 11.4 Å².